The fourth-order valence-corrected chi connectivity index (χ4v) is 5.74. The number of ether oxygens (including phenoxy) is 2. The summed E-state index contributed by atoms with van der Waals surface area (Å²) < 4.78 is 14.6. The van der Waals surface area contributed by atoms with Crippen molar-refractivity contribution in [2.45, 2.75) is 25.9 Å². The number of hydrogen-bond donors (Lipinski definition) is 1. The summed E-state index contributed by atoms with van der Waals surface area (Å²) in [6.07, 6.45) is 1.82. The maximum atomic E-state index is 5.93. The van der Waals surface area contributed by atoms with Gasteiger partial charge in [0.05, 0.1) is 37.7 Å². The topological polar surface area (TPSA) is 51.6 Å². The molecule has 0 bridgehead atoms. The zero-order chi connectivity index (χ0) is 25.4. The van der Waals surface area contributed by atoms with Crippen LogP contribution in [0, 0.1) is 13.8 Å². The Kier molecular flexibility index (Phi) is 6.73. The largest absolute Gasteiger partial charge is 0.497 e. The molecule has 0 spiro atoms. The van der Waals surface area contributed by atoms with E-state index in [1.807, 2.05) is 54.7 Å². The molecule has 8 heteroatoms. The molecule has 0 aliphatic carbocycles. The van der Waals surface area contributed by atoms with Gasteiger partial charge in [-0.2, -0.15) is 0 Å². The number of methoxy groups -OCH3 is 2. The third-order valence-electron chi connectivity index (χ3n) is 6.60. The van der Waals surface area contributed by atoms with E-state index >= 15 is 0 Å². The Morgan fingerprint density at radius 2 is 1.81 bits per heavy atom. The molecule has 3 heterocycles. The van der Waals surface area contributed by atoms with Crippen LogP contribution in [0.25, 0.3) is 5.69 Å². The van der Waals surface area contributed by atoms with Crippen LogP contribution in [0.5, 0.6) is 11.5 Å². The van der Waals surface area contributed by atoms with Crippen LogP contribution in [0.15, 0.2) is 77.4 Å². The number of hydrogen-bond acceptors (Lipinski definition) is 4. The highest BCUT2D eigenvalue weighted by molar-refractivity contribution is 9.10. The van der Waals surface area contributed by atoms with Gasteiger partial charge in [-0.1, -0.05) is 28.1 Å². The van der Waals surface area contributed by atoms with Gasteiger partial charge in [0.1, 0.15) is 11.5 Å². The lowest BCUT2D eigenvalue weighted by atomic mass is 9.96. The van der Waals surface area contributed by atoms with Crippen LogP contribution in [0.2, 0.25) is 0 Å². The minimum Gasteiger partial charge on any atom is -0.497 e. The number of aromatic nitrogens is 2. The number of rotatable bonds is 6. The molecule has 1 aliphatic rings. The van der Waals surface area contributed by atoms with Crippen molar-refractivity contribution < 1.29 is 9.47 Å². The Hall–Kier alpha value is -3.36. The van der Waals surface area contributed by atoms with Crippen molar-refractivity contribution in [3.8, 4) is 17.2 Å². The first-order valence-electron chi connectivity index (χ1n) is 11.6. The zero-order valence-electron chi connectivity index (χ0n) is 20.5. The molecule has 36 heavy (non-hydrogen) atoms. The van der Waals surface area contributed by atoms with E-state index in [0.717, 1.165) is 44.2 Å². The van der Waals surface area contributed by atoms with Crippen molar-refractivity contribution in [2.24, 2.45) is 0 Å². The van der Waals surface area contributed by atoms with Crippen molar-refractivity contribution in [3.05, 3.63) is 100 Å². The van der Waals surface area contributed by atoms with E-state index in [0.29, 0.717) is 10.9 Å². The van der Waals surface area contributed by atoms with Gasteiger partial charge in [-0.3, -0.25) is 4.98 Å². The average Bonchev–Trinajstić information content (AvgIpc) is 3.38. The molecule has 6 nitrogen and oxygen atoms in total. The summed E-state index contributed by atoms with van der Waals surface area (Å²) in [5.74, 6) is 1.45. The van der Waals surface area contributed by atoms with Crippen molar-refractivity contribution in [1.29, 1.82) is 0 Å². The third kappa shape index (κ3) is 4.24. The molecule has 1 fully saturated rings. The third-order valence-corrected chi connectivity index (χ3v) is 7.41. The van der Waals surface area contributed by atoms with Gasteiger partial charge < -0.3 is 24.3 Å². The molecule has 2 atom stereocenters. The summed E-state index contributed by atoms with van der Waals surface area (Å²) in [7, 11) is 3.33. The zero-order valence-corrected chi connectivity index (χ0v) is 22.9. The van der Waals surface area contributed by atoms with E-state index in [1.54, 1.807) is 14.2 Å². The molecule has 1 aliphatic heterocycles. The minimum atomic E-state index is -0.166. The summed E-state index contributed by atoms with van der Waals surface area (Å²) in [6.45, 7) is 4.28. The molecule has 1 N–H and O–H groups in total. The van der Waals surface area contributed by atoms with Gasteiger partial charge in [-0.25, -0.2) is 0 Å². The van der Waals surface area contributed by atoms with Gasteiger partial charge in [0.15, 0.2) is 5.11 Å². The summed E-state index contributed by atoms with van der Waals surface area (Å²) in [6, 6.07) is 22.0. The summed E-state index contributed by atoms with van der Waals surface area (Å²) >= 11 is 9.55. The Labute approximate surface area is 225 Å². The molecular weight excluding hydrogens is 536 g/mol. The standard InChI is InChI=1S/C28H27BrN4O2S/c1-17-14-22(18(2)32(17)20-9-7-8-19(29)15-20)27-26(23-10-5-6-13-30-23)31-28(36)33(27)24-16-21(34-3)11-12-25(24)35-4/h5-16,26-27H,1-4H3,(H,31,36)/t26-,27-/m0/s1. The molecule has 4 aromatic rings. The van der Waals surface area contributed by atoms with Crippen LogP contribution >= 0.6 is 28.1 Å². The van der Waals surface area contributed by atoms with Crippen LogP contribution in [0.3, 0.4) is 0 Å². The predicted molar refractivity (Wildman–Crippen MR) is 150 cm³/mol. The lowest BCUT2D eigenvalue weighted by molar-refractivity contribution is 0.403. The molecule has 1 saturated heterocycles. The van der Waals surface area contributed by atoms with E-state index in [1.165, 1.54) is 0 Å². The lowest BCUT2D eigenvalue weighted by Crippen LogP contribution is -2.30. The van der Waals surface area contributed by atoms with Crippen LogP contribution in [0.1, 0.15) is 34.7 Å². The van der Waals surface area contributed by atoms with Gasteiger partial charge in [-0.05, 0) is 80.2 Å². The van der Waals surface area contributed by atoms with Crippen LogP contribution < -0.4 is 19.7 Å². The van der Waals surface area contributed by atoms with Crippen LogP contribution in [-0.4, -0.2) is 28.9 Å². The number of anilines is 1. The number of aryl methyl sites for hydroxylation is 1. The Balaban J connectivity index is 1.72. The normalized spacial score (nSPS) is 17.2. The minimum absolute atomic E-state index is 0.161. The SMILES string of the molecule is COc1ccc(OC)c(N2C(=S)N[C@@H](c3ccccn3)[C@@H]2c2cc(C)n(-c3cccc(Br)c3)c2C)c1. The number of pyridine rings is 1. The smallest absolute Gasteiger partial charge is 0.174 e. The van der Waals surface area contributed by atoms with Crippen LogP contribution in [-0.2, 0) is 0 Å². The van der Waals surface area contributed by atoms with Crippen molar-refractivity contribution >= 4 is 38.9 Å². The number of benzene rings is 2. The second-order valence-corrected chi connectivity index (χ2v) is 9.98. The Bertz CT molecular complexity index is 1420. The fourth-order valence-electron chi connectivity index (χ4n) is 5.02. The maximum Gasteiger partial charge on any atom is 0.174 e. The first-order valence-corrected chi connectivity index (χ1v) is 12.8. The van der Waals surface area contributed by atoms with E-state index in [-0.39, 0.29) is 12.1 Å². The maximum absolute atomic E-state index is 5.93. The van der Waals surface area contributed by atoms with Gasteiger partial charge in [0.25, 0.3) is 0 Å². The molecular formula is C28H27BrN4O2S. The molecule has 5 rings (SSSR count). The Morgan fingerprint density at radius 1 is 0.972 bits per heavy atom. The highest BCUT2D eigenvalue weighted by atomic mass is 79.9. The molecule has 2 aromatic carbocycles. The second kappa shape index (κ2) is 9.95. The lowest BCUT2D eigenvalue weighted by Gasteiger charge is -2.29. The van der Waals surface area contributed by atoms with Crippen molar-refractivity contribution in [2.75, 3.05) is 19.1 Å². The van der Waals surface area contributed by atoms with Gasteiger partial charge in [-0.15, -0.1) is 0 Å². The number of halogens is 1. The van der Waals surface area contributed by atoms with Crippen LogP contribution in [0.4, 0.5) is 5.69 Å². The molecule has 0 saturated carbocycles. The number of thiocarbonyl (C=S) groups is 1. The van der Waals surface area contributed by atoms with Crippen molar-refractivity contribution in [1.82, 2.24) is 14.9 Å². The highest BCUT2D eigenvalue weighted by Crippen LogP contribution is 2.47. The molecule has 0 amide bonds. The summed E-state index contributed by atoms with van der Waals surface area (Å²) in [4.78, 5) is 6.81. The van der Waals surface area contributed by atoms with E-state index in [2.05, 4.69) is 67.7 Å². The van der Waals surface area contributed by atoms with E-state index in [4.69, 9.17) is 21.7 Å². The molecule has 0 unspecified atom stereocenters. The fraction of sp³-hybridized carbons (Fsp3) is 0.214. The second-order valence-electron chi connectivity index (χ2n) is 8.68. The molecule has 2 aromatic heterocycles. The monoisotopic (exact) mass is 562 g/mol. The first kappa shape index (κ1) is 24.3. The van der Waals surface area contributed by atoms with Gasteiger partial charge in [0.2, 0.25) is 0 Å². The van der Waals surface area contributed by atoms with Crippen molar-refractivity contribution in [3.63, 3.8) is 0 Å². The Morgan fingerprint density at radius 3 is 2.50 bits per heavy atom. The molecule has 184 valence electrons. The summed E-state index contributed by atoms with van der Waals surface area (Å²) in [5.41, 5.74) is 6.27. The quantitative estimate of drug-likeness (QED) is 0.273. The summed E-state index contributed by atoms with van der Waals surface area (Å²) in [5, 5.41) is 4.15. The van der Waals surface area contributed by atoms with Gasteiger partial charge >= 0.3 is 0 Å². The molecule has 0 radical (unpaired) electrons. The van der Waals surface area contributed by atoms with Gasteiger partial charge in [0, 0.05) is 33.8 Å². The van der Waals surface area contributed by atoms with E-state index in [9.17, 15) is 0 Å². The van der Waals surface area contributed by atoms with E-state index < -0.39 is 0 Å². The number of nitrogens with zero attached hydrogens (tertiary/aromatic N) is 3. The first-order chi connectivity index (χ1) is 17.4. The number of nitrogens with one attached hydrogen (secondary N) is 1. The highest BCUT2D eigenvalue weighted by Gasteiger charge is 2.43. The predicted octanol–water partition coefficient (Wildman–Crippen LogP) is 6.45. The average molecular weight is 564 g/mol.